The molecule has 0 radical (unpaired) electrons. The molecule has 9 aromatic carbocycles. The van der Waals surface area contributed by atoms with Crippen LogP contribution in [-0.2, 0) is 0 Å². The van der Waals surface area contributed by atoms with E-state index in [1.165, 1.54) is 32.7 Å². The SMILES string of the molecule is Clc1ccc(-c2ccc3ccccc3c2)cc1Cl.Nc1ccccc1.c1ccc(Nc2ccc(-c3ccc4ccccc4c3)cc2Nc2ccccc2)cc1. The summed E-state index contributed by atoms with van der Waals surface area (Å²) < 4.78 is 0. The predicted octanol–water partition coefficient (Wildman–Crippen LogP) is 15.1. The van der Waals surface area contributed by atoms with Crippen molar-refractivity contribution in [3.05, 3.63) is 222 Å². The molecule has 0 saturated heterocycles. The Labute approximate surface area is 332 Å². The molecule has 5 heteroatoms. The van der Waals surface area contributed by atoms with Crippen LogP contribution >= 0.6 is 23.2 Å². The van der Waals surface area contributed by atoms with Gasteiger partial charge in [0.2, 0.25) is 0 Å². The van der Waals surface area contributed by atoms with Gasteiger partial charge in [-0.2, -0.15) is 0 Å². The van der Waals surface area contributed by atoms with Gasteiger partial charge in [0.1, 0.15) is 0 Å². The molecule has 9 aromatic rings. The van der Waals surface area contributed by atoms with Crippen LogP contribution in [0.2, 0.25) is 10.0 Å². The first-order chi connectivity index (χ1) is 27.0. The van der Waals surface area contributed by atoms with Crippen molar-refractivity contribution in [1.29, 1.82) is 0 Å². The van der Waals surface area contributed by atoms with Crippen molar-refractivity contribution in [1.82, 2.24) is 0 Å². The van der Waals surface area contributed by atoms with Gasteiger partial charge in [-0.05, 0) is 117 Å². The van der Waals surface area contributed by atoms with E-state index in [2.05, 4.69) is 126 Å². The van der Waals surface area contributed by atoms with Crippen molar-refractivity contribution in [2.24, 2.45) is 0 Å². The van der Waals surface area contributed by atoms with Crippen LogP contribution in [0.15, 0.2) is 212 Å². The van der Waals surface area contributed by atoms with Gasteiger partial charge in [0.25, 0.3) is 0 Å². The summed E-state index contributed by atoms with van der Waals surface area (Å²) in [5, 5.41) is 13.3. The van der Waals surface area contributed by atoms with Gasteiger partial charge in [-0.25, -0.2) is 0 Å². The molecule has 0 spiro atoms. The van der Waals surface area contributed by atoms with Crippen LogP contribution in [0.5, 0.6) is 0 Å². The van der Waals surface area contributed by atoms with E-state index in [9.17, 15) is 0 Å². The minimum absolute atomic E-state index is 0.584. The zero-order chi connectivity index (χ0) is 37.8. The van der Waals surface area contributed by atoms with E-state index in [0.29, 0.717) is 10.0 Å². The number of rotatable bonds is 6. The Hall–Kier alpha value is -6.52. The second kappa shape index (κ2) is 18.0. The molecule has 0 aliphatic rings. The Morgan fingerprint density at radius 3 is 1.20 bits per heavy atom. The molecule has 9 rings (SSSR count). The number of anilines is 5. The summed E-state index contributed by atoms with van der Waals surface area (Å²) in [5.41, 5.74) is 15.0. The van der Waals surface area contributed by atoms with Gasteiger partial charge in [-0.3, -0.25) is 0 Å². The van der Waals surface area contributed by atoms with E-state index in [0.717, 1.165) is 39.6 Å². The van der Waals surface area contributed by atoms with E-state index < -0.39 is 0 Å². The van der Waals surface area contributed by atoms with E-state index in [4.69, 9.17) is 28.9 Å². The Morgan fingerprint density at radius 1 is 0.309 bits per heavy atom. The zero-order valence-electron chi connectivity index (χ0n) is 30.0. The Bertz CT molecular complexity index is 2630. The molecule has 0 amide bonds. The first-order valence-electron chi connectivity index (χ1n) is 18.0. The highest BCUT2D eigenvalue weighted by molar-refractivity contribution is 6.42. The molecule has 0 aromatic heterocycles. The zero-order valence-corrected chi connectivity index (χ0v) is 31.6. The average Bonchev–Trinajstić information content (AvgIpc) is 3.23. The summed E-state index contributed by atoms with van der Waals surface area (Å²) in [6.07, 6.45) is 0. The Kier molecular flexibility index (Phi) is 12.1. The highest BCUT2D eigenvalue weighted by Gasteiger charge is 2.08. The van der Waals surface area contributed by atoms with E-state index >= 15 is 0 Å². The van der Waals surface area contributed by atoms with Gasteiger partial charge in [-0.1, -0.05) is 163 Å². The molecular formula is C50H39Cl2N3. The van der Waals surface area contributed by atoms with Gasteiger partial charge in [0, 0.05) is 17.1 Å². The second-order valence-corrected chi connectivity index (χ2v) is 13.7. The molecule has 0 fully saturated rings. The third-order valence-electron chi connectivity index (χ3n) is 9.01. The molecule has 0 unspecified atom stereocenters. The Balaban J connectivity index is 0.000000156. The van der Waals surface area contributed by atoms with Gasteiger partial charge in [0.15, 0.2) is 0 Å². The van der Waals surface area contributed by atoms with Crippen molar-refractivity contribution >= 4 is 73.2 Å². The van der Waals surface area contributed by atoms with E-state index in [1.54, 1.807) is 0 Å². The predicted molar refractivity (Wildman–Crippen MR) is 239 cm³/mol. The lowest BCUT2D eigenvalue weighted by molar-refractivity contribution is 1.50. The fourth-order valence-electron chi connectivity index (χ4n) is 6.16. The van der Waals surface area contributed by atoms with Gasteiger partial charge in [-0.15, -0.1) is 0 Å². The normalized spacial score (nSPS) is 10.4. The van der Waals surface area contributed by atoms with Crippen LogP contribution < -0.4 is 16.4 Å². The third-order valence-corrected chi connectivity index (χ3v) is 9.75. The number of hydrogen-bond donors (Lipinski definition) is 3. The van der Waals surface area contributed by atoms with Gasteiger partial charge in [0.05, 0.1) is 21.4 Å². The maximum atomic E-state index is 6.05. The van der Waals surface area contributed by atoms with Gasteiger partial charge >= 0.3 is 0 Å². The standard InChI is InChI=1S/C28H22N2.C16H10Cl2.C6H7N/c1-3-11-25(12-4-1)29-27-18-17-24(20-28(27)30-26-13-5-2-6-14-26)23-16-15-21-9-7-8-10-22(21)19-23;17-15-8-7-14(10-16(15)18)13-6-5-11-3-1-2-4-12(11)9-13;7-6-4-2-1-3-5-6/h1-20,29-30H;1-10H;1-5H,7H2. The number of nitrogen functional groups attached to an aromatic ring is 1. The van der Waals surface area contributed by atoms with Crippen LogP contribution in [0.25, 0.3) is 43.8 Å². The number of hydrogen-bond acceptors (Lipinski definition) is 3. The molecule has 55 heavy (non-hydrogen) atoms. The molecule has 0 aliphatic heterocycles. The molecule has 0 atom stereocenters. The first-order valence-corrected chi connectivity index (χ1v) is 18.8. The molecule has 268 valence electrons. The van der Waals surface area contributed by atoms with Crippen LogP contribution in [0.1, 0.15) is 0 Å². The van der Waals surface area contributed by atoms with Crippen LogP contribution in [-0.4, -0.2) is 0 Å². The topological polar surface area (TPSA) is 50.1 Å². The number of fused-ring (bicyclic) bond motifs is 2. The first kappa shape index (κ1) is 36.8. The van der Waals surface area contributed by atoms with Crippen LogP contribution in [0.4, 0.5) is 28.4 Å². The van der Waals surface area contributed by atoms with Crippen molar-refractivity contribution < 1.29 is 0 Å². The van der Waals surface area contributed by atoms with Crippen LogP contribution in [0.3, 0.4) is 0 Å². The minimum atomic E-state index is 0.584. The van der Waals surface area contributed by atoms with Crippen LogP contribution in [0, 0.1) is 0 Å². The monoisotopic (exact) mass is 751 g/mol. The number of nitrogens with one attached hydrogen (secondary N) is 2. The number of halogens is 2. The highest BCUT2D eigenvalue weighted by atomic mass is 35.5. The summed E-state index contributed by atoms with van der Waals surface area (Å²) in [6.45, 7) is 0. The quantitative estimate of drug-likeness (QED) is 0.148. The molecular weight excluding hydrogens is 713 g/mol. The molecule has 0 saturated carbocycles. The summed E-state index contributed by atoms with van der Waals surface area (Å²) in [4.78, 5) is 0. The smallest absolute Gasteiger partial charge is 0.0629 e. The Morgan fingerprint density at radius 2 is 0.709 bits per heavy atom. The van der Waals surface area contributed by atoms with Gasteiger partial charge < -0.3 is 16.4 Å². The lowest BCUT2D eigenvalue weighted by Gasteiger charge is -2.16. The van der Waals surface area contributed by atoms with E-state index in [-0.39, 0.29) is 0 Å². The highest BCUT2D eigenvalue weighted by Crippen LogP contribution is 2.35. The number of benzene rings is 9. The third kappa shape index (κ3) is 9.92. The van der Waals surface area contributed by atoms with Crippen molar-refractivity contribution in [3.63, 3.8) is 0 Å². The van der Waals surface area contributed by atoms with E-state index in [1.807, 2.05) is 97.1 Å². The number of para-hydroxylation sites is 3. The molecule has 0 heterocycles. The molecule has 3 nitrogen and oxygen atoms in total. The summed E-state index contributed by atoms with van der Waals surface area (Å²) >= 11 is 12.0. The average molecular weight is 753 g/mol. The second-order valence-electron chi connectivity index (χ2n) is 12.9. The molecule has 0 bridgehead atoms. The lowest BCUT2D eigenvalue weighted by atomic mass is 10.00. The fraction of sp³-hybridized carbons (Fsp3) is 0. The number of nitrogens with two attached hydrogens (primary N) is 1. The maximum Gasteiger partial charge on any atom is 0.0629 e. The largest absolute Gasteiger partial charge is 0.399 e. The van der Waals surface area contributed by atoms with Crippen molar-refractivity contribution in [3.8, 4) is 22.3 Å². The maximum absolute atomic E-state index is 6.05. The van der Waals surface area contributed by atoms with Crippen molar-refractivity contribution in [2.75, 3.05) is 16.4 Å². The van der Waals surface area contributed by atoms with Crippen molar-refractivity contribution in [2.45, 2.75) is 0 Å². The molecule has 0 aliphatic carbocycles. The minimum Gasteiger partial charge on any atom is -0.399 e. The summed E-state index contributed by atoms with van der Waals surface area (Å²) in [6, 6.07) is 72.0. The lowest BCUT2D eigenvalue weighted by Crippen LogP contribution is -1.98. The summed E-state index contributed by atoms with van der Waals surface area (Å²) in [5.74, 6) is 0. The fourth-order valence-corrected chi connectivity index (χ4v) is 6.45. The molecule has 4 N–H and O–H groups in total. The summed E-state index contributed by atoms with van der Waals surface area (Å²) in [7, 11) is 0.